The Bertz CT molecular complexity index is 810. The van der Waals surface area contributed by atoms with Crippen molar-refractivity contribution in [3.8, 4) is 0 Å². The molecule has 7 heteroatoms. The van der Waals surface area contributed by atoms with E-state index in [0.717, 1.165) is 31.7 Å². The molecule has 1 aromatic carbocycles. The van der Waals surface area contributed by atoms with Gasteiger partial charge in [0.05, 0.1) is 18.1 Å². The highest BCUT2D eigenvalue weighted by molar-refractivity contribution is 6.25. The van der Waals surface area contributed by atoms with Crippen molar-refractivity contribution in [2.45, 2.75) is 53.4 Å². The number of nitrogens with zero attached hydrogens (tertiary/aromatic N) is 1. The van der Waals surface area contributed by atoms with Crippen molar-refractivity contribution in [3.63, 3.8) is 0 Å². The normalized spacial score (nSPS) is 13.9. The van der Waals surface area contributed by atoms with Crippen molar-refractivity contribution in [1.82, 2.24) is 0 Å². The number of hydrogen-bond donors (Lipinski definition) is 0. The number of fused-ring (bicyclic) bond motifs is 1. The van der Waals surface area contributed by atoms with E-state index in [9.17, 15) is 19.7 Å². The van der Waals surface area contributed by atoms with Crippen LogP contribution in [0, 0.1) is 22.0 Å². The maximum atomic E-state index is 13.0. The van der Waals surface area contributed by atoms with E-state index in [4.69, 9.17) is 9.47 Å². The summed E-state index contributed by atoms with van der Waals surface area (Å²) in [5.74, 6) is -0.263. The Labute approximate surface area is 171 Å². The zero-order chi connectivity index (χ0) is 21.6. The molecule has 158 valence electrons. The number of Topliss-reactive ketones (excluding diaryl/α,β-unsaturated/α-hetero) is 2. The Morgan fingerprint density at radius 1 is 0.862 bits per heavy atom. The van der Waals surface area contributed by atoms with Gasteiger partial charge < -0.3 is 9.47 Å². The lowest BCUT2D eigenvalue weighted by molar-refractivity contribution is -0.384. The molecular weight excluding hydrogens is 374 g/mol. The lowest BCUT2D eigenvalue weighted by Crippen LogP contribution is -2.26. The van der Waals surface area contributed by atoms with Gasteiger partial charge >= 0.3 is 0 Å². The molecule has 0 radical (unpaired) electrons. The van der Waals surface area contributed by atoms with E-state index in [1.807, 2.05) is 0 Å². The fraction of sp³-hybridized carbons (Fsp3) is 0.545. The van der Waals surface area contributed by atoms with Gasteiger partial charge in [-0.3, -0.25) is 19.7 Å². The van der Waals surface area contributed by atoms with Gasteiger partial charge in [0.25, 0.3) is 5.69 Å². The first-order chi connectivity index (χ1) is 13.7. The summed E-state index contributed by atoms with van der Waals surface area (Å²) in [5.41, 5.74) is -0.156. The Hall–Kier alpha value is -2.70. The molecule has 0 saturated carbocycles. The lowest BCUT2D eigenvalue weighted by Gasteiger charge is -2.21. The van der Waals surface area contributed by atoms with Crippen LogP contribution in [-0.2, 0) is 9.47 Å². The van der Waals surface area contributed by atoms with E-state index in [0.29, 0.717) is 18.4 Å². The summed E-state index contributed by atoms with van der Waals surface area (Å²) >= 11 is 0. The molecule has 29 heavy (non-hydrogen) atoms. The molecule has 0 atom stereocenters. The molecule has 0 bridgehead atoms. The summed E-state index contributed by atoms with van der Waals surface area (Å²) in [6.07, 6.45) is 3.33. The molecule has 1 aromatic rings. The molecule has 0 aliphatic heterocycles. The molecule has 0 heterocycles. The van der Waals surface area contributed by atoms with Gasteiger partial charge in [0, 0.05) is 23.3 Å². The Balaban J connectivity index is 2.28. The first-order valence-corrected chi connectivity index (χ1v) is 10.1. The van der Waals surface area contributed by atoms with E-state index in [-0.39, 0.29) is 34.9 Å². The molecule has 0 spiro atoms. The number of benzene rings is 1. The molecule has 0 amide bonds. The first-order valence-electron chi connectivity index (χ1n) is 10.1. The minimum Gasteiger partial charge on any atom is -0.486 e. The minimum absolute atomic E-state index is 0.0161. The van der Waals surface area contributed by atoms with Gasteiger partial charge in [-0.2, -0.15) is 0 Å². The maximum Gasteiger partial charge on any atom is 0.270 e. The molecule has 0 N–H and O–H groups in total. The van der Waals surface area contributed by atoms with Crippen molar-refractivity contribution in [2.24, 2.45) is 11.8 Å². The monoisotopic (exact) mass is 403 g/mol. The molecule has 1 aliphatic carbocycles. The van der Waals surface area contributed by atoms with Crippen molar-refractivity contribution < 1.29 is 24.0 Å². The molecule has 1 aliphatic rings. The van der Waals surface area contributed by atoms with E-state index in [1.165, 1.54) is 12.1 Å². The number of hydrogen-bond acceptors (Lipinski definition) is 6. The van der Waals surface area contributed by atoms with Gasteiger partial charge in [0.2, 0.25) is 23.1 Å². The maximum absolute atomic E-state index is 13.0. The van der Waals surface area contributed by atoms with Crippen molar-refractivity contribution in [3.05, 3.63) is 51.0 Å². The lowest BCUT2D eigenvalue weighted by atomic mass is 9.91. The summed E-state index contributed by atoms with van der Waals surface area (Å²) in [4.78, 5) is 36.4. The number of nitro benzene ring substituents is 1. The molecule has 0 fully saturated rings. The Morgan fingerprint density at radius 2 is 1.34 bits per heavy atom. The number of ketones is 2. The summed E-state index contributed by atoms with van der Waals surface area (Å²) in [5, 5.41) is 11.1. The Morgan fingerprint density at radius 3 is 1.79 bits per heavy atom. The summed E-state index contributed by atoms with van der Waals surface area (Å²) in [6, 6.07) is 3.65. The third-order valence-corrected chi connectivity index (χ3v) is 4.67. The predicted octanol–water partition coefficient (Wildman–Crippen LogP) is 5.09. The van der Waals surface area contributed by atoms with Crippen molar-refractivity contribution in [2.75, 3.05) is 13.2 Å². The van der Waals surface area contributed by atoms with Gasteiger partial charge in [-0.25, -0.2) is 0 Å². The van der Waals surface area contributed by atoms with Gasteiger partial charge in [-0.1, -0.05) is 27.7 Å². The van der Waals surface area contributed by atoms with Crippen molar-refractivity contribution >= 4 is 17.3 Å². The van der Waals surface area contributed by atoms with Crippen LogP contribution in [0.25, 0.3) is 0 Å². The highest BCUT2D eigenvalue weighted by Crippen LogP contribution is 2.31. The standard InChI is InChI=1S/C22H29NO6/c1-14(2)7-5-11-28-21-19(24)17-10-9-16(23(26)27)13-18(17)20(25)22(21)29-12-6-8-15(3)4/h9-10,13-15H,5-8,11-12H2,1-4H3. The van der Waals surface area contributed by atoms with E-state index in [1.54, 1.807) is 0 Å². The van der Waals surface area contributed by atoms with E-state index < -0.39 is 16.5 Å². The van der Waals surface area contributed by atoms with Crippen LogP contribution in [0.5, 0.6) is 0 Å². The average Bonchev–Trinajstić information content (AvgIpc) is 2.66. The van der Waals surface area contributed by atoms with Gasteiger partial charge in [-0.15, -0.1) is 0 Å². The summed E-state index contributed by atoms with van der Waals surface area (Å²) in [6.45, 7) is 8.95. The van der Waals surface area contributed by atoms with Gasteiger partial charge in [-0.05, 0) is 43.6 Å². The average molecular weight is 403 g/mol. The van der Waals surface area contributed by atoms with Crippen LogP contribution >= 0.6 is 0 Å². The van der Waals surface area contributed by atoms with Crippen LogP contribution in [0.1, 0.15) is 74.1 Å². The third kappa shape index (κ3) is 5.89. The predicted molar refractivity (Wildman–Crippen MR) is 109 cm³/mol. The van der Waals surface area contributed by atoms with Crippen LogP contribution in [0.2, 0.25) is 0 Å². The summed E-state index contributed by atoms with van der Waals surface area (Å²) in [7, 11) is 0. The fourth-order valence-electron chi connectivity index (χ4n) is 3.08. The number of allylic oxidation sites excluding steroid dienone is 2. The van der Waals surface area contributed by atoms with Gasteiger partial charge in [0.1, 0.15) is 0 Å². The highest BCUT2D eigenvalue weighted by atomic mass is 16.6. The van der Waals surface area contributed by atoms with E-state index in [2.05, 4.69) is 27.7 Å². The highest BCUT2D eigenvalue weighted by Gasteiger charge is 2.36. The van der Waals surface area contributed by atoms with Crippen LogP contribution in [-0.4, -0.2) is 29.7 Å². The van der Waals surface area contributed by atoms with Crippen LogP contribution < -0.4 is 0 Å². The molecule has 0 saturated heterocycles. The number of ether oxygens (including phenoxy) is 2. The number of nitro groups is 1. The fourth-order valence-corrected chi connectivity index (χ4v) is 3.08. The van der Waals surface area contributed by atoms with Gasteiger partial charge in [0.15, 0.2) is 0 Å². The minimum atomic E-state index is -0.594. The molecule has 7 nitrogen and oxygen atoms in total. The molecule has 0 aromatic heterocycles. The topological polar surface area (TPSA) is 95.7 Å². The van der Waals surface area contributed by atoms with E-state index >= 15 is 0 Å². The van der Waals surface area contributed by atoms with Crippen molar-refractivity contribution in [1.29, 1.82) is 0 Å². The quantitative estimate of drug-likeness (QED) is 0.290. The number of carbonyl (C=O) groups excluding carboxylic acids is 2. The zero-order valence-electron chi connectivity index (χ0n) is 17.5. The van der Waals surface area contributed by atoms with Crippen LogP contribution in [0.15, 0.2) is 29.7 Å². The number of non-ortho nitro benzene ring substituents is 1. The molecular formula is C22H29NO6. The zero-order valence-corrected chi connectivity index (χ0v) is 17.5. The third-order valence-electron chi connectivity index (χ3n) is 4.67. The molecule has 2 rings (SSSR count). The summed E-state index contributed by atoms with van der Waals surface area (Å²) < 4.78 is 11.4. The molecule has 0 unspecified atom stereocenters. The second kappa shape index (κ2) is 10.2. The second-order valence-electron chi connectivity index (χ2n) is 8.07. The smallest absolute Gasteiger partial charge is 0.270 e. The number of rotatable bonds is 11. The van der Waals surface area contributed by atoms with Crippen LogP contribution in [0.3, 0.4) is 0 Å². The SMILES string of the molecule is CC(C)CCCOC1=C(OCCCC(C)C)C(=O)c2cc([N+](=O)[O-])ccc2C1=O. The largest absolute Gasteiger partial charge is 0.486 e. The number of carbonyl (C=O) groups is 2. The second-order valence-corrected chi connectivity index (χ2v) is 8.07. The first kappa shape index (κ1) is 22.6. The Kier molecular flexibility index (Phi) is 7.93. The van der Waals surface area contributed by atoms with Crippen LogP contribution in [0.4, 0.5) is 5.69 Å².